The zero-order chi connectivity index (χ0) is 13.1. The van der Waals surface area contributed by atoms with E-state index in [1.54, 1.807) is 17.5 Å². The van der Waals surface area contributed by atoms with E-state index in [1.807, 2.05) is 0 Å². The molecule has 18 heavy (non-hydrogen) atoms. The average Bonchev–Trinajstić information content (AvgIpc) is 2.85. The van der Waals surface area contributed by atoms with E-state index in [4.69, 9.17) is 11.6 Å². The summed E-state index contributed by atoms with van der Waals surface area (Å²) in [4.78, 5) is 23.8. The van der Waals surface area contributed by atoms with Crippen molar-refractivity contribution < 1.29 is 14.7 Å². The molecule has 2 amide bonds. The molecule has 0 aliphatic rings. The minimum Gasteiger partial charge on any atom is -0.507 e. The van der Waals surface area contributed by atoms with Crippen molar-refractivity contribution in [3.63, 3.8) is 0 Å². The molecule has 0 atom stereocenters. The molecular weight excluding hydrogens is 274 g/mol. The molecule has 0 aliphatic carbocycles. The highest BCUT2D eigenvalue weighted by Crippen LogP contribution is 2.21. The van der Waals surface area contributed by atoms with Crippen LogP contribution in [-0.4, -0.2) is 16.9 Å². The molecule has 1 aromatic heterocycles. The number of phenols is 1. The van der Waals surface area contributed by atoms with Gasteiger partial charge in [-0.25, -0.2) is 0 Å². The third-order valence-electron chi connectivity index (χ3n) is 2.18. The first-order valence-corrected chi connectivity index (χ1v) is 6.21. The highest BCUT2D eigenvalue weighted by atomic mass is 35.5. The summed E-state index contributed by atoms with van der Waals surface area (Å²) < 4.78 is 0. The molecule has 2 aromatic rings. The smallest absolute Gasteiger partial charge is 0.268 e. The first kappa shape index (κ1) is 12.6. The van der Waals surface area contributed by atoms with Gasteiger partial charge >= 0.3 is 0 Å². The minimum absolute atomic E-state index is 0.0348. The number of rotatable bonds is 2. The lowest BCUT2D eigenvalue weighted by atomic mass is 10.2. The second-order valence-corrected chi connectivity index (χ2v) is 4.81. The SMILES string of the molecule is O=C(NC(=O)c1cc(Cl)ccc1O)c1cccs1. The Labute approximate surface area is 112 Å². The molecule has 0 saturated carbocycles. The number of carbonyl (C=O) groups is 2. The molecule has 6 heteroatoms. The first-order chi connectivity index (χ1) is 8.58. The third kappa shape index (κ3) is 2.69. The summed E-state index contributed by atoms with van der Waals surface area (Å²) in [5.74, 6) is -1.42. The Morgan fingerprint density at radius 2 is 2.00 bits per heavy atom. The van der Waals surface area contributed by atoms with Crippen molar-refractivity contribution in [1.29, 1.82) is 0 Å². The van der Waals surface area contributed by atoms with Crippen LogP contribution in [0.3, 0.4) is 0 Å². The summed E-state index contributed by atoms with van der Waals surface area (Å²) in [6.45, 7) is 0. The summed E-state index contributed by atoms with van der Waals surface area (Å²) in [6, 6.07) is 7.36. The van der Waals surface area contributed by atoms with Crippen molar-refractivity contribution in [3.8, 4) is 5.75 Å². The van der Waals surface area contributed by atoms with Crippen LogP contribution in [0.2, 0.25) is 5.02 Å². The zero-order valence-electron chi connectivity index (χ0n) is 9.01. The maximum absolute atomic E-state index is 11.8. The van der Waals surface area contributed by atoms with Crippen LogP contribution in [0, 0.1) is 0 Å². The Kier molecular flexibility index (Phi) is 3.64. The van der Waals surface area contributed by atoms with Gasteiger partial charge in [0.15, 0.2) is 0 Å². The van der Waals surface area contributed by atoms with E-state index in [1.165, 1.54) is 29.5 Å². The van der Waals surface area contributed by atoms with E-state index in [9.17, 15) is 14.7 Å². The molecule has 0 unspecified atom stereocenters. The highest BCUT2D eigenvalue weighted by molar-refractivity contribution is 7.12. The Morgan fingerprint density at radius 3 is 2.67 bits per heavy atom. The molecule has 2 rings (SSSR count). The first-order valence-electron chi connectivity index (χ1n) is 4.95. The summed E-state index contributed by atoms with van der Waals surface area (Å²) >= 11 is 6.95. The number of thiophene rings is 1. The number of benzene rings is 1. The van der Waals surface area contributed by atoms with E-state index < -0.39 is 11.8 Å². The number of nitrogens with one attached hydrogen (secondary N) is 1. The fourth-order valence-corrected chi connectivity index (χ4v) is 2.12. The van der Waals surface area contributed by atoms with Gasteiger partial charge in [-0.05, 0) is 29.6 Å². The van der Waals surface area contributed by atoms with Crippen LogP contribution in [0.15, 0.2) is 35.7 Å². The van der Waals surface area contributed by atoms with Crippen LogP contribution in [0.25, 0.3) is 0 Å². The van der Waals surface area contributed by atoms with Crippen molar-refractivity contribution in [2.45, 2.75) is 0 Å². The van der Waals surface area contributed by atoms with Crippen LogP contribution in [0.5, 0.6) is 5.75 Å². The molecule has 0 fully saturated rings. The number of halogens is 1. The van der Waals surface area contributed by atoms with Crippen LogP contribution in [0.4, 0.5) is 0 Å². The van der Waals surface area contributed by atoms with Gasteiger partial charge in [0.25, 0.3) is 11.8 Å². The number of carbonyl (C=O) groups excluding carboxylic acids is 2. The van der Waals surface area contributed by atoms with Gasteiger partial charge in [0.1, 0.15) is 5.75 Å². The van der Waals surface area contributed by atoms with Gasteiger partial charge in [0.05, 0.1) is 10.4 Å². The van der Waals surface area contributed by atoms with Crippen molar-refractivity contribution in [2.24, 2.45) is 0 Å². The van der Waals surface area contributed by atoms with E-state index >= 15 is 0 Å². The van der Waals surface area contributed by atoms with Gasteiger partial charge in [0, 0.05) is 5.02 Å². The lowest BCUT2D eigenvalue weighted by Gasteiger charge is -2.05. The predicted octanol–water partition coefficient (Wildman–Crippen LogP) is 2.68. The number of amides is 2. The van der Waals surface area contributed by atoms with Crippen molar-refractivity contribution in [1.82, 2.24) is 5.32 Å². The number of imide groups is 1. The summed E-state index contributed by atoms with van der Waals surface area (Å²) in [6.07, 6.45) is 0. The topological polar surface area (TPSA) is 66.4 Å². The fraction of sp³-hybridized carbons (Fsp3) is 0. The Bertz CT molecular complexity index is 595. The predicted molar refractivity (Wildman–Crippen MR) is 69.2 cm³/mol. The normalized spacial score (nSPS) is 10.1. The van der Waals surface area contributed by atoms with Crippen molar-refractivity contribution in [3.05, 3.63) is 51.2 Å². The molecule has 92 valence electrons. The second-order valence-electron chi connectivity index (χ2n) is 3.42. The molecule has 0 bridgehead atoms. The van der Waals surface area contributed by atoms with Crippen LogP contribution in [0.1, 0.15) is 20.0 Å². The molecular formula is C12H8ClNO3S. The quantitative estimate of drug-likeness (QED) is 0.832. The molecule has 1 heterocycles. The maximum Gasteiger partial charge on any atom is 0.268 e. The molecule has 0 radical (unpaired) electrons. The number of hydrogen-bond donors (Lipinski definition) is 2. The zero-order valence-corrected chi connectivity index (χ0v) is 10.6. The molecule has 1 aromatic carbocycles. The van der Waals surface area contributed by atoms with Gasteiger partial charge < -0.3 is 5.11 Å². The lowest BCUT2D eigenvalue weighted by molar-refractivity contribution is 0.0850. The summed E-state index contributed by atoms with van der Waals surface area (Å²) in [7, 11) is 0. The Hall–Kier alpha value is -1.85. The van der Waals surface area contributed by atoms with Crippen LogP contribution < -0.4 is 5.32 Å². The number of phenolic OH excluding ortho intramolecular Hbond substituents is 1. The second kappa shape index (κ2) is 5.20. The molecule has 0 spiro atoms. The minimum atomic E-state index is -0.687. The summed E-state index contributed by atoms with van der Waals surface area (Å²) in [5, 5.41) is 13.7. The van der Waals surface area contributed by atoms with Gasteiger partial charge in [-0.1, -0.05) is 17.7 Å². The maximum atomic E-state index is 11.8. The van der Waals surface area contributed by atoms with Gasteiger partial charge in [0.2, 0.25) is 0 Å². The molecule has 0 saturated heterocycles. The van der Waals surface area contributed by atoms with Gasteiger partial charge in [-0.2, -0.15) is 0 Å². The average molecular weight is 282 g/mol. The van der Waals surface area contributed by atoms with Gasteiger partial charge in [-0.3, -0.25) is 14.9 Å². The van der Waals surface area contributed by atoms with E-state index in [0.29, 0.717) is 9.90 Å². The Morgan fingerprint density at radius 1 is 1.22 bits per heavy atom. The molecule has 2 N–H and O–H groups in total. The van der Waals surface area contributed by atoms with E-state index in [2.05, 4.69) is 5.32 Å². The standard InChI is InChI=1S/C12H8ClNO3S/c13-7-3-4-9(15)8(6-7)11(16)14-12(17)10-2-1-5-18-10/h1-6,15H,(H,14,16,17). The van der Waals surface area contributed by atoms with E-state index in [0.717, 1.165) is 0 Å². The monoisotopic (exact) mass is 281 g/mol. The van der Waals surface area contributed by atoms with Crippen molar-refractivity contribution in [2.75, 3.05) is 0 Å². The Balaban J connectivity index is 2.17. The highest BCUT2D eigenvalue weighted by Gasteiger charge is 2.16. The van der Waals surface area contributed by atoms with E-state index in [-0.39, 0.29) is 11.3 Å². The fourth-order valence-electron chi connectivity index (χ4n) is 1.33. The van der Waals surface area contributed by atoms with Gasteiger partial charge in [-0.15, -0.1) is 11.3 Å². The van der Waals surface area contributed by atoms with Crippen LogP contribution >= 0.6 is 22.9 Å². The third-order valence-corrected chi connectivity index (χ3v) is 3.28. The summed E-state index contributed by atoms with van der Waals surface area (Å²) in [5.41, 5.74) is -0.0348. The molecule has 4 nitrogen and oxygen atoms in total. The van der Waals surface area contributed by atoms with Crippen LogP contribution in [-0.2, 0) is 0 Å². The number of aromatic hydroxyl groups is 1. The lowest BCUT2D eigenvalue weighted by Crippen LogP contribution is -2.29. The van der Waals surface area contributed by atoms with Crippen molar-refractivity contribution >= 4 is 34.8 Å². The number of hydrogen-bond acceptors (Lipinski definition) is 4. The largest absolute Gasteiger partial charge is 0.507 e. The molecule has 0 aliphatic heterocycles.